The van der Waals surface area contributed by atoms with Crippen LogP contribution in [0.3, 0.4) is 0 Å². The standard InChI is InChI=1S/C9H15NO/c1-8(2)3-4-9(7-8)5-6-10-11-9/h6H,3-5,7H2,1-2H3. The van der Waals surface area contributed by atoms with Crippen LogP contribution in [0.2, 0.25) is 0 Å². The highest BCUT2D eigenvalue weighted by Crippen LogP contribution is 2.48. The number of hydrogen-bond donors (Lipinski definition) is 0. The largest absolute Gasteiger partial charge is 0.389 e. The molecule has 0 aromatic carbocycles. The topological polar surface area (TPSA) is 21.6 Å². The normalized spacial score (nSPS) is 39.8. The molecular weight excluding hydrogens is 138 g/mol. The molecule has 0 bridgehead atoms. The van der Waals surface area contributed by atoms with E-state index in [4.69, 9.17) is 4.84 Å². The molecule has 1 unspecified atom stereocenters. The quantitative estimate of drug-likeness (QED) is 0.523. The Balaban J connectivity index is 2.09. The zero-order valence-corrected chi connectivity index (χ0v) is 7.26. The van der Waals surface area contributed by atoms with Gasteiger partial charge in [-0.2, -0.15) is 0 Å². The molecule has 0 aromatic rings. The summed E-state index contributed by atoms with van der Waals surface area (Å²) < 4.78 is 0. The lowest BCUT2D eigenvalue weighted by molar-refractivity contribution is -0.0197. The van der Waals surface area contributed by atoms with Crippen LogP contribution in [0.1, 0.15) is 39.5 Å². The molecule has 1 fully saturated rings. The van der Waals surface area contributed by atoms with Crippen molar-refractivity contribution in [2.75, 3.05) is 0 Å². The van der Waals surface area contributed by atoms with Gasteiger partial charge in [-0.15, -0.1) is 0 Å². The molecule has 1 atom stereocenters. The molecule has 0 N–H and O–H groups in total. The predicted octanol–water partition coefficient (Wildman–Crippen LogP) is 2.34. The van der Waals surface area contributed by atoms with Gasteiger partial charge >= 0.3 is 0 Å². The fourth-order valence-corrected chi connectivity index (χ4v) is 2.26. The average Bonchev–Trinajstić information content (AvgIpc) is 2.43. The molecule has 2 heteroatoms. The number of nitrogens with zero attached hydrogens (tertiary/aromatic N) is 1. The maximum Gasteiger partial charge on any atom is 0.143 e. The Hall–Kier alpha value is -0.530. The van der Waals surface area contributed by atoms with Gasteiger partial charge in [0.05, 0.1) is 0 Å². The molecule has 1 spiro atoms. The Morgan fingerprint density at radius 1 is 1.36 bits per heavy atom. The Labute approximate surface area is 67.6 Å². The molecule has 2 aliphatic rings. The minimum Gasteiger partial charge on any atom is -0.389 e. The monoisotopic (exact) mass is 153 g/mol. The van der Waals surface area contributed by atoms with Gasteiger partial charge < -0.3 is 4.84 Å². The lowest BCUT2D eigenvalue weighted by Crippen LogP contribution is -2.25. The van der Waals surface area contributed by atoms with E-state index in [0.29, 0.717) is 5.41 Å². The van der Waals surface area contributed by atoms with Gasteiger partial charge in [-0.1, -0.05) is 19.0 Å². The highest BCUT2D eigenvalue weighted by Gasteiger charge is 2.46. The summed E-state index contributed by atoms with van der Waals surface area (Å²) in [5, 5.41) is 3.86. The van der Waals surface area contributed by atoms with Crippen LogP contribution in [0.25, 0.3) is 0 Å². The number of rotatable bonds is 0. The summed E-state index contributed by atoms with van der Waals surface area (Å²) in [4.78, 5) is 5.41. The van der Waals surface area contributed by atoms with Crippen molar-refractivity contribution in [2.45, 2.75) is 45.1 Å². The summed E-state index contributed by atoms with van der Waals surface area (Å²) in [5.41, 5.74) is 0.567. The van der Waals surface area contributed by atoms with Crippen molar-refractivity contribution in [3.05, 3.63) is 0 Å². The number of hydrogen-bond acceptors (Lipinski definition) is 2. The minimum atomic E-state index is 0.101. The van der Waals surface area contributed by atoms with Crippen LogP contribution < -0.4 is 0 Å². The fourth-order valence-electron chi connectivity index (χ4n) is 2.26. The first-order valence-corrected chi connectivity index (χ1v) is 4.32. The molecule has 0 saturated heterocycles. The van der Waals surface area contributed by atoms with Gasteiger partial charge in [0, 0.05) is 12.6 Å². The highest BCUT2D eigenvalue weighted by molar-refractivity contribution is 5.60. The van der Waals surface area contributed by atoms with E-state index in [0.717, 1.165) is 6.42 Å². The molecule has 62 valence electrons. The molecule has 1 aliphatic heterocycles. The van der Waals surface area contributed by atoms with E-state index in [2.05, 4.69) is 19.0 Å². The average molecular weight is 153 g/mol. The third-order valence-electron chi connectivity index (χ3n) is 2.84. The first kappa shape index (κ1) is 7.14. The van der Waals surface area contributed by atoms with E-state index < -0.39 is 0 Å². The van der Waals surface area contributed by atoms with E-state index in [1.165, 1.54) is 19.3 Å². The molecule has 1 aliphatic carbocycles. The number of oxime groups is 1. The van der Waals surface area contributed by atoms with E-state index in [1.807, 2.05) is 6.21 Å². The van der Waals surface area contributed by atoms with Crippen LogP contribution in [0, 0.1) is 5.41 Å². The van der Waals surface area contributed by atoms with Crippen LogP contribution in [-0.4, -0.2) is 11.8 Å². The van der Waals surface area contributed by atoms with Crippen molar-refractivity contribution in [1.82, 2.24) is 0 Å². The Morgan fingerprint density at radius 2 is 2.18 bits per heavy atom. The van der Waals surface area contributed by atoms with Crippen LogP contribution >= 0.6 is 0 Å². The molecular formula is C9H15NO. The minimum absolute atomic E-state index is 0.101. The van der Waals surface area contributed by atoms with E-state index in [-0.39, 0.29) is 5.60 Å². The lowest BCUT2D eigenvalue weighted by Gasteiger charge is -2.22. The second kappa shape index (κ2) is 1.99. The van der Waals surface area contributed by atoms with Gasteiger partial charge in [-0.25, -0.2) is 0 Å². The second-order valence-corrected chi connectivity index (χ2v) is 4.61. The summed E-state index contributed by atoms with van der Waals surface area (Å²) in [6, 6.07) is 0. The van der Waals surface area contributed by atoms with Gasteiger partial charge in [0.15, 0.2) is 0 Å². The summed E-state index contributed by atoms with van der Waals surface area (Å²) in [7, 11) is 0. The van der Waals surface area contributed by atoms with Crippen LogP contribution in [-0.2, 0) is 4.84 Å². The summed E-state index contributed by atoms with van der Waals surface area (Å²) in [5.74, 6) is 0. The van der Waals surface area contributed by atoms with Gasteiger partial charge in [0.1, 0.15) is 5.60 Å². The summed E-state index contributed by atoms with van der Waals surface area (Å²) in [6.45, 7) is 4.62. The van der Waals surface area contributed by atoms with Crippen molar-refractivity contribution in [3.63, 3.8) is 0 Å². The van der Waals surface area contributed by atoms with E-state index in [9.17, 15) is 0 Å². The Kier molecular flexibility index (Phi) is 1.29. The molecule has 1 heterocycles. The molecule has 2 nitrogen and oxygen atoms in total. The van der Waals surface area contributed by atoms with E-state index >= 15 is 0 Å². The molecule has 11 heavy (non-hydrogen) atoms. The molecule has 2 rings (SSSR count). The second-order valence-electron chi connectivity index (χ2n) is 4.61. The fraction of sp³-hybridized carbons (Fsp3) is 0.889. The Morgan fingerprint density at radius 3 is 2.64 bits per heavy atom. The molecule has 1 saturated carbocycles. The van der Waals surface area contributed by atoms with Gasteiger partial charge in [-0.05, 0) is 24.7 Å². The van der Waals surface area contributed by atoms with Crippen molar-refractivity contribution in [3.8, 4) is 0 Å². The first-order valence-electron chi connectivity index (χ1n) is 4.32. The SMILES string of the molecule is CC1(C)CCC2(CC=NO2)C1. The van der Waals surface area contributed by atoms with Crippen LogP contribution in [0.4, 0.5) is 0 Å². The zero-order valence-electron chi connectivity index (χ0n) is 7.26. The summed E-state index contributed by atoms with van der Waals surface area (Å²) in [6.07, 6.45) is 6.55. The van der Waals surface area contributed by atoms with Gasteiger partial charge in [0.25, 0.3) is 0 Å². The molecule has 0 aromatic heterocycles. The van der Waals surface area contributed by atoms with Gasteiger partial charge in [0.2, 0.25) is 0 Å². The van der Waals surface area contributed by atoms with Crippen LogP contribution in [0.15, 0.2) is 5.16 Å². The maximum atomic E-state index is 5.41. The highest BCUT2D eigenvalue weighted by atomic mass is 16.7. The van der Waals surface area contributed by atoms with Crippen molar-refractivity contribution < 1.29 is 4.84 Å². The Bertz CT molecular complexity index is 188. The van der Waals surface area contributed by atoms with Crippen LogP contribution in [0.5, 0.6) is 0 Å². The predicted molar refractivity (Wildman–Crippen MR) is 44.6 cm³/mol. The smallest absolute Gasteiger partial charge is 0.143 e. The first-order chi connectivity index (χ1) is 5.12. The van der Waals surface area contributed by atoms with Crippen molar-refractivity contribution in [2.24, 2.45) is 10.6 Å². The van der Waals surface area contributed by atoms with Crippen molar-refractivity contribution >= 4 is 6.21 Å². The molecule has 0 amide bonds. The van der Waals surface area contributed by atoms with Crippen molar-refractivity contribution in [1.29, 1.82) is 0 Å². The van der Waals surface area contributed by atoms with E-state index in [1.54, 1.807) is 0 Å². The summed E-state index contributed by atoms with van der Waals surface area (Å²) >= 11 is 0. The zero-order chi connectivity index (χ0) is 7.95. The molecule has 0 radical (unpaired) electrons. The third kappa shape index (κ3) is 1.15. The maximum absolute atomic E-state index is 5.41. The van der Waals surface area contributed by atoms with Gasteiger partial charge in [-0.3, -0.25) is 0 Å². The lowest BCUT2D eigenvalue weighted by atomic mass is 9.88. The third-order valence-corrected chi connectivity index (χ3v) is 2.84.